The molecule has 0 saturated heterocycles. The minimum absolute atomic E-state index is 0.0310. The molecule has 0 aromatic heterocycles. The van der Waals surface area contributed by atoms with Crippen LogP contribution in [0.1, 0.15) is 25.8 Å². The Kier molecular flexibility index (Phi) is 8.57. The smallest absolute Gasteiger partial charge is 0.310 e. The van der Waals surface area contributed by atoms with Gasteiger partial charge in [-0.1, -0.05) is 36.2 Å². The summed E-state index contributed by atoms with van der Waals surface area (Å²) in [5, 5.41) is 5.85. The van der Waals surface area contributed by atoms with Gasteiger partial charge in [-0.25, -0.2) is 0 Å². The van der Waals surface area contributed by atoms with Crippen molar-refractivity contribution in [1.82, 2.24) is 10.6 Å². The quantitative estimate of drug-likeness (QED) is 0.682. The Balaban J connectivity index is 2.36. The van der Waals surface area contributed by atoms with E-state index in [0.717, 1.165) is 6.42 Å². The highest BCUT2D eigenvalue weighted by atomic mass is 35.5. The Morgan fingerprint density at radius 2 is 1.92 bits per heavy atom. The van der Waals surface area contributed by atoms with Gasteiger partial charge in [0.05, 0.1) is 16.5 Å². The van der Waals surface area contributed by atoms with E-state index in [2.05, 4.69) is 10.6 Å². The van der Waals surface area contributed by atoms with Gasteiger partial charge in [0.2, 0.25) is 5.91 Å². The minimum Gasteiger partial charge on any atom is -0.455 e. The van der Waals surface area contributed by atoms with Crippen LogP contribution in [-0.4, -0.2) is 37.0 Å². The van der Waals surface area contributed by atoms with Crippen molar-refractivity contribution >= 4 is 41.0 Å². The molecule has 0 aliphatic heterocycles. The molecule has 0 aliphatic carbocycles. The summed E-state index contributed by atoms with van der Waals surface area (Å²) in [6.07, 6.45) is 0.773. The molecular formula is C16H20Cl2N2O4. The molecule has 0 aliphatic rings. The van der Waals surface area contributed by atoms with Gasteiger partial charge in [-0.15, -0.1) is 0 Å². The second kappa shape index (κ2) is 10.2. The van der Waals surface area contributed by atoms with Crippen molar-refractivity contribution in [3.05, 3.63) is 33.8 Å². The Morgan fingerprint density at radius 1 is 1.21 bits per heavy atom. The molecule has 0 spiro atoms. The predicted octanol–water partition coefficient (Wildman–Crippen LogP) is 2.11. The van der Waals surface area contributed by atoms with Crippen molar-refractivity contribution < 1.29 is 19.1 Å². The highest BCUT2D eigenvalue weighted by molar-refractivity contribution is 6.42. The fourth-order valence-electron chi connectivity index (χ4n) is 1.76. The molecule has 0 unspecified atom stereocenters. The van der Waals surface area contributed by atoms with Gasteiger partial charge in [-0.3, -0.25) is 14.4 Å². The highest BCUT2D eigenvalue weighted by Crippen LogP contribution is 2.22. The lowest BCUT2D eigenvalue weighted by Crippen LogP contribution is -2.46. The number of ether oxygens (including phenoxy) is 1. The normalized spacial score (nSPS) is 11.5. The van der Waals surface area contributed by atoms with Gasteiger partial charge < -0.3 is 15.4 Å². The largest absolute Gasteiger partial charge is 0.455 e. The van der Waals surface area contributed by atoms with Crippen LogP contribution in [0.3, 0.4) is 0 Å². The van der Waals surface area contributed by atoms with Gasteiger partial charge in [0.25, 0.3) is 5.91 Å². The van der Waals surface area contributed by atoms with E-state index < -0.39 is 24.5 Å². The number of hydrogen-bond acceptors (Lipinski definition) is 4. The summed E-state index contributed by atoms with van der Waals surface area (Å²) in [6, 6.07) is 4.09. The Labute approximate surface area is 150 Å². The van der Waals surface area contributed by atoms with E-state index in [4.69, 9.17) is 27.9 Å². The van der Waals surface area contributed by atoms with Crippen molar-refractivity contribution in [2.75, 3.05) is 13.2 Å². The zero-order valence-corrected chi connectivity index (χ0v) is 15.0. The molecule has 0 radical (unpaired) electrons. The summed E-state index contributed by atoms with van der Waals surface area (Å²) < 4.78 is 4.88. The lowest BCUT2D eigenvalue weighted by molar-refractivity contribution is -0.148. The molecule has 0 heterocycles. The molecule has 1 atom stereocenters. The van der Waals surface area contributed by atoms with Crippen molar-refractivity contribution in [2.24, 2.45) is 0 Å². The number of nitrogens with one attached hydrogen (secondary N) is 2. The van der Waals surface area contributed by atoms with Gasteiger partial charge in [0.1, 0.15) is 6.04 Å². The van der Waals surface area contributed by atoms with Crippen molar-refractivity contribution in [2.45, 2.75) is 32.7 Å². The standard InChI is InChI=1S/C16H20Cl2N2O4/c1-3-6-19-16(23)10(2)20-14(21)9-24-15(22)8-11-4-5-12(17)13(18)7-11/h4-5,7,10H,3,6,8-9H2,1-2H3,(H,19,23)(H,20,21)/t10-/m0/s1. The molecule has 0 fully saturated rings. The first-order valence-corrected chi connectivity index (χ1v) is 8.25. The number of carbonyl (C=O) groups excluding carboxylic acids is 3. The van der Waals surface area contributed by atoms with E-state index in [1.165, 1.54) is 0 Å². The Hall–Kier alpha value is -1.79. The molecule has 2 N–H and O–H groups in total. The molecule has 1 rings (SSSR count). The molecule has 2 amide bonds. The third-order valence-electron chi connectivity index (χ3n) is 3.02. The van der Waals surface area contributed by atoms with Crippen LogP contribution < -0.4 is 10.6 Å². The molecule has 1 aromatic carbocycles. The van der Waals surface area contributed by atoms with Crippen LogP contribution >= 0.6 is 23.2 Å². The summed E-state index contributed by atoms with van der Waals surface area (Å²) >= 11 is 11.7. The summed E-state index contributed by atoms with van der Waals surface area (Å²) in [5.74, 6) is -1.41. The van der Waals surface area contributed by atoms with Gasteiger partial charge in [0.15, 0.2) is 6.61 Å². The second-order valence-electron chi connectivity index (χ2n) is 5.17. The van der Waals surface area contributed by atoms with Crippen LogP contribution in [0, 0.1) is 0 Å². The second-order valence-corrected chi connectivity index (χ2v) is 5.98. The fraction of sp³-hybridized carbons (Fsp3) is 0.438. The van der Waals surface area contributed by atoms with Crippen LogP contribution in [0.2, 0.25) is 10.0 Å². The number of halogens is 2. The third-order valence-corrected chi connectivity index (χ3v) is 3.76. The molecule has 0 saturated carbocycles. The first-order valence-electron chi connectivity index (χ1n) is 7.50. The lowest BCUT2D eigenvalue weighted by atomic mass is 10.1. The van der Waals surface area contributed by atoms with Gasteiger partial charge in [-0.2, -0.15) is 0 Å². The summed E-state index contributed by atoms with van der Waals surface area (Å²) in [6.45, 7) is 3.57. The molecule has 6 nitrogen and oxygen atoms in total. The number of hydrogen-bond donors (Lipinski definition) is 2. The highest BCUT2D eigenvalue weighted by Gasteiger charge is 2.16. The number of rotatable bonds is 8. The van der Waals surface area contributed by atoms with E-state index in [0.29, 0.717) is 22.2 Å². The first-order chi connectivity index (χ1) is 11.3. The van der Waals surface area contributed by atoms with Crippen molar-refractivity contribution in [3.63, 3.8) is 0 Å². The maximum Gasteiger partial charge on any atom is 0.310 e. The van der Waals surface area contributed by atoms with Gasteiger partial charge in [0, 0.05) is 6.54 Å². The zero-order chi connectivity index (χ0) is 18.1. The maximum absolute atomic E-state index is 11.7. The monoisotopic (exact) mass is 374 g/mol. The minimum atomic E-state index is -0.696. The van der Waals surface area contributed by atoms with E-state index >= 15 is 0 Å². The van der Waals surface area contributed by atoms with E-state index in [9.17, 15) is 14.4 Å². The molecule has 1 aromatic rings. The molecule has 8 heteroatoms. The molecule has 0 bridgehead atoms. The SMILES string of the molecule is CCCNC(=O)[C@H](C)NC(=O)COC(=O)Cc1ccc(Cl)c(Cl)c1. The van der Waals surface area contributed by atoms with Crippen LogP contribution in [-0.2, 0) is 25.5 Å². The molecular weight excluding hydrogens is 355 g/mol. The number of amides is 2. The Morgan fingerprint density at radius 3 is 2.54 bits per heavy atom. The zero-order valence-electron chi connectivity index (χ0n) is 13.5. The van der Waals surface area contributed by atoms with Gasteiger partial charge >= 0.3 is 5.97 Å². The summed E-state index contributed by atoms with van der Waals surface area (Å²) in [7, 11) is 0. The van der Waals surface area contributed by atoms with Crippen LogP contribution in [0.25, 0.3) is 0 Å². The van der Waals surface area contributed by atoms with E-state index in [1.54, 1.807) is 25.1 Å². The van der Waals surface area contributed by atoms with E-state index in [-0.39, 0.29) is 12.3 Å². The Bertz CT molecular complexity index is 608. The third kappa shape index (κ3) is 7.19. The number of esters is 1. The lowest BCUT2D eigenvalue weighted by Gasteiger charge is -2.13. The topological polar surface area (TPSA) is 84.5 Å². The van der Waals surface area contributed by atoms with Crippen LogP contribution in [0.4, 0.5) is 0 Å². The average molecular weight is 375 g/mol. The van der Waals surface area contributed by atoms with Crippen molar-refractivity contribution in [3.8, 4) is 0 Å². The van der Waals surface area contributed by atoms with Crippen LogP contribution in [0.5, 0.6) is 0 Å². The molecule has 132 valence electrons. The van der Waals surface area contributed by atoms with Crippen molar-refractivity contribution in [1.29, 1.82) is 0 Å². The van der Waals surface area contributed by atoms with Crippen LogP contribution in [0.15, 0.2) is 18.2 Å². The van der Waals surface area contributed by atoms with Gasteiger partial charge in [-0.05, 0) is 31.0 Å². The first kappa shape index (κ1) is 20.3. The predicted molar refractivity (Wildman–Crippen MR) is 92.0 cm³/mol. The number of benzene rings is 1. The summed E-state index contributed by atoms with van der Waals surface area (Å²) in [5.41, 5.74) is 0.627. The summed E-state index contributed by atoms with van der Waals surface area (Å²) in [4.78, 5) is 35.0. The fourth-order valence-corrected chi connectivity index (χ4v) is 2.08. The molecule has 24 heavy (non-hydrogen) atoms. The maximum atomic E-state index is 11.7. The average Bonchev–Trinajstić information content (AvgIpc) is 2.54. The number of carbonyl (C=O) groups is 3. The van der Waals surface area contributed by atoms with E-state index in [1.807, 2.05) is 6.92 Å².